The standard InChI is InChI=1S/C24H21ClN2O2/c1-2-28-22-10-6-9-19-21-15-20(16-7-4-3-5-8-16)26-27(21)24(29-23(19)22)17-11-13-18(25)14-12-17/h3-14,21,24H,2,15H2,1H3. The summed E-state index contributed by atoms with van der Waals surface area (Å²) in [6.45, 7) is 2.57. The second-order valence-corrected chi connectivity index (χ2v) is 7.58. The van der Waals surface area contributed by atoms with E-state index >= 15 is 0 Å². The fourth-order valence-corrected chi connectivity index (χ4v) is 4.13. The van der Waals surface area contributed by atoms with Crippen molar-refractivity contribution in [3.05, 3.63) is 94.5 Å². The summed E-state index contributed by atoms with van der Waals surface area (Å²) in [6.07, 6.45) is 0.479. The fraction of sp³-hybridized carbons (Fsp3) is 0.208. The molecule has 0 aromatic heterocycles. The van der Waals surface area contributed by atoms with Gasteiger partial charge in [0.25, 0.3) is 0 Å². The Hall–Kier alpha value is -2.98. The smallest absolute Gasteiger partial charge is 0.214 e. The molecule has 5 rings (SSSR count). The van der Waals surface area contributed by atoms with E-state index < -0.39 is 0 Å². The van der Waals surface area contributed by atoms with Crippen LogP contribution in [0.1, 0.15) is 42.3 Å². The lowest BCUT2D eigenvalue weighted by Gasteiger charge is -2.38. The molecule has 2 atom stereocenters. The number of hydrazone groups is 1. The molecule has 0 saturated carbocycles. The molecule has 0 spiro atoms. The van der Waals surface area contributed by atoms with Crippen molar-refractivity contribution in [3.8, 4) is 11.5 Å². The van der Waals surface area contributed by atoms with E-state index in [4.69, 9.17) is 26.2 Å². The van der Waals surface area contributed by atoms with E-state index in [2.05, 4.69) is 23.2 Å². The molecule has 3 aromatic carbocycles. The highest BCUT2D eigenvalue weighted by Gasteiger charge is 2.42. The summed E-state index contributed by atoms with van der Waals surface area (Å²) in [7, 11) is 0. The maximum Gasteiger partial charge on any atom is 0.214 e. The number of para-hydroxylation sites is 1. The lowest BCUT2D eigenvalue weighted by molar-refractivity contribution is -0.0212. The third-order valence-electron chi connectivity index (χ3n) is 5.34. The van der Waals surface area contributed by atoms with E-state index in [1.807, 2.05) is 61.5 Å². The van der Waals surface area contributed by atoms with E-state index in [1.165, 1.54) is 0 Å². The van der Waals surface area contributed by atoms with Crippen molar-refractivity contribution < 1.29 is 9.47 Å². The number of benzene rings is 3. The monoisotopic (exact) mass is 404 g/mol. The van der Waals surface area contributed by atoms with Crippen LogP contribution in [0.3, 0.4) is 0 Å². The highest BCUT2D eigenvalue weighted by Crippen LogP contribution is 2.50. The Kier molecular flexibility index (Phi) is 4.64. The molecule has 2 aliphatic rings. The molecule has 0 bridgehead atoms. The van der Waals surface area contributed by atoms with Crippen LogP contribution in [-0.4, -0.2) is 17.3 Å². The maximum absolute atomic E-state index is 6.49. The molecule has 2 heterocycles. The van der Waals surface area contributed by atoms with Gasteiger partial charge in [-0.2, -0.15) is 5.10 Å². The molecule has 0 fully saturated rings. The van der Waals surface area contributed by atoms with Gasteiger partial charge in [0, 0.05) is 22.6 Å². The third-order valence-corrected chi connectivity index (χ3v) is 5.59. The topological polar surface area (TPSA) is 34.1 Å². The SMILES string of the molecule is CCOc1cccc2c1OC(c1ccc(Cl)cc1)N1N=C(c3ccccc3)CC21. The second kappa shape index (κ2) is 7.45. The quantitative estimate of drug-likeness (QED) is 0.536. The Labute approximate surface area is 175 Å². The average molecular weight is 405 g/mol. The zero-order chi connectivity index (χ0) is 19.8. The number of halogens is 1. The maximum atomic E-state index is 6.49. The highest BCUT2D eigenvalue weighted by molar-refractivity contribution is 6.30. The van der Waals surface area contributed by atoms with Crippen molar-refractivity contribution in [3.63, 3.8) is 0 Å². The first-order valence-corrected chi connectivity index (χ1v) is 10.2. The van der Waals surface area contributed by atoms with Crippen molar-refractivity contribution in [1.29, 1.82) is 0 Å². The van der Waals surface area contributed by atoms with Crippen LogP contribution in [0.15, 0.2) is 77.9 Å². The van der Waals surface area contributed by atoms with Gasteiger partial charge < -0.3 is 9.47 Å². The minimum Gasteiger partial charge on any atom is -0.490 e. The molecule has 4 nitrogen and oxygen atoms in total. The lowest BCUT2D eigenvalue weighted by atomic mass is 9.95. The summed E-state index contributed by atoms with van der Waals surface area (Å²) in [5, 5.41) is 7.76. The Balaban J connectivity index is 1.61. The van der Waals surface area contributed by atoms with E-state index in [0.29, 0.717) is 11.6 Å². The summed E-state index contributed by atoms with van der Waals surface area (Å²) >= 11 is 6.11. The zero-order valence-electron chi connectivity index (χ0n) is 16.1. The number of nitrogens with zero attached hydrogens (tertiary/aromatic N) is 2. The van der Waals surface area contributed by atoms with Crippen LogP contribution in [0.2, 0.25) is 5.02 Å². The van der Waals surface area contributed by atoms with Gasteiger partial charge in [0.1, 0.15) is 0 Å². The minimum absolute atomic E-state index is 0.0926. The normalized spacial score (nSPS) is 19.8. The predicted molar refractivity (Wildman–Crippen MR) is 115 cm³/mol. The zero-order valence-corrected chi connectivity index (χ0v) is 16.8. The molecule has 5 heteroatoms. The molecule has 3 aromatic rings. The predicted octanol–water partition coefficient (Wildman–Crippen LogP) is 5.98. The molecule has 2 aliphatic heterocycles. The van der Waals surface area contributed by atoms with Crippen molar-refractivity contribution >= 4 is 17.3 Å². The molecular weight excluding hydrogens is 384 g/mol. The van der Waals surface area contributed by atoms with Crippen molar-refractivity contribution in [2.24, 2.45) is 5.10 Å². The van der Waals surface area contributed by atoms with Crippen LogP contribution in [0.4, 0.5) is 0 Å². The fourth-order valence-electron chi connectivity index (χ4n) is 4.01. The molecule has 29 heavy (non-hydrogen) atoms. The molecule has 2 unspecified atom stereocenters. The molecule has 0 aliphatic carbocycles. The van der Waals surface area contributed by atoms with Gasteiger partial charge in [-0.1, -0.05) is 66.2 Å². The Bertz CT molecular complexity index is 1050. The van der Waals surface area contributed by atoms with Crippen LogP contribution < -0.4 is 9.47 Å². The first kappa shape index (κ1) is 18.1. The Morgan fingerprint density at radius 3 is 2.59 bits per heavy atom. The number of ether oxygens (including phenoxy) is 2. The van der Waals surface area contributed by atoms with Crippen LogP contribution in [0.5, 0.6) is 11.5 Å². The van der Waals surface area contributed by atoms with Gasteiger partial charge in [0.15, 0.2) is 11.5 Å². The summed E-state index contributed by atoms with van der Waals surface area (Å²) in [4.78, 5) is 0. The second-order valence-electron chi connectivity index (χ2n) is 7.14. The van der Waals surface area contributed by atoms with E-state index in [0.717, 1.165) is 40.3 Å². The van der Waals surface area contributed by atoms with Crippen LogP contribution in [0, 0.1) is 0 Å². The van der Waals surface area contributed by atoms with E-state index in [-0.39, 0.29) is 12.3 Å². The lowest BCUT2D eigenvalue weighted by Crippen LogP contribution is -2.33. The van der Waals surface area contributed by atoms with E-state index in [9.17, 15) is 0 Å². The summed E-state index contributed by atoms with van der Waals surface area (Å²) < 4.78 is 12.4. The number of rotatable bonds is 4. The third kappa shape index (κ3) is 3.23. The largest absolute Gasteiger partial charge is 0.490 e. The summed E-state index contributed by atoms with van der Waals surface area (Å²) in [5.41, 5.74) is 4.32. The molecule has 0 amide bonds. The minimum atomic E-state index is -0.340. The summed E-state index contributed by atoms with van der Waals surface area (Å²) in [6, 6.07) is 24.3. The van der Waals surface area contributed by atoms with Crippen molar-refractivity contribution in [1.82, 2.24) is 5.01 Å². The first-order valence-electron chi connectivity index (χ1n) is 9.83. The highest BCUT2D eigenvalue weighted by atomic mass is 35.5. The number of hydrogen-bond acceptors (Lipinski definition) is 4. The van der Waals surface area contributed by atoms with Gasteiger partial charge in [0.2, 0.25) is 6.23 Å². The molecule has 0 radical (unpaired) electrons. The molecule has 0 saturated heterocycles. The van der Waals surface area contributed by atoms with Gasteiger partial charge in [-0.3, -0.25) is 0 Å². The summed E-state index contributed by atoms with van der Waals surface area (Å²) in [5.74, 6) is 1.58. The number of fused-ring (bicyclic) bond motifs is 3. The average Bonchev–Trinajstić information content (AvgIpc) is 3.21. The Morgan fingerprint density at radius 1 is 1.03 bits per heavy atom. The first-order chi connectivity index (χ1) is 14.2. The van der Waals surface area contributed by atoms with E-state index in [1.54, 1.807) is 0 Å². The number of hydrogen-bond donors (Lipinski definition) is 0. The molecule has 146 valence electrons. The van der Waals surface area contributed by atoms with Gasteiger partial charge in [0.05, 0.1) is 18.4 Å². The van der Waals surface area contributed by atoms with Gasteiger partial charge in [-0.05, 0) is 30.7 Å². The van der Waals surface area contributed by atoms with Gasteiger partial charge in [-0.15, -0.1) is 0 Å². The Morgan fingerprint density at radius 2 is 1.83 bits per heavy atom. The van der Waals surface area contributed by atoms with Gasteiger partial charge >= 0.3 is 0 Å². The van der Waals surface area contributed by atoms with Crippen LogP contribution in [-0.2, 0) is 0 Å². The van der Waals surface area contributed by atoms with Crippen LogP contribution >= 0.6 is 11.6 Å². The van der Waals surface area contributed by atoms with Crippen LogP contribution in [0.25, 0.3) is 0 Å². The van der Waals surface area contributed by atoms with Gasteiger partial charge in [-0.25, -0.2) is 5.01 Å². The van der Waals surface area contributed by atoms with Crippen molar-refractivity contribution in [2.75, 3.05) is 6.61 Å². The van der Waals surface area contributed by atoms with Crippen molar-refractivity contribution in [2.45, 2.75) is 25.6 Å². The molecule has 0 N–H and O–H groups in total. The molecular formula is C24H21ClN2O2.